The third kappa shape index (κ3) is 4.25. The van der Waals surface area contributed by atoms with E-state index in [1.165, 1.54) is 11.1 Å². The number of nitrogens with zero attached hydrogens (tertiary/aromatic N) is 1. The second-order valence-electron chi connectivity index (χ2n) is 5.76. The molecule has 2 aromatic carbocycles. The molecule has 24 heavy (non-hydrogen) atoms. The Morgan fingerprint density at radius 3 is 1.83 bits per heavy atom. The minimum absolute atomic E-state index is 0.109. The van der Waals surface area contributed by atoms with Crippen molar-refractivity contribution in [1.82, 2.24) is 4.90 Å². The second kappa shape index (κ2) is 8.45. The molecule has 0 aliphatic carbocycles. The zero-order chi connectivity index (χ0) is 16.8. The first-order chi connectivity index (χ1) is 11.8. The minimum Gasteiger partial charge on any atom is -0.329 e. The minimum atomic E-state index is 0.109. The summed E-state index contributed by atoms with van der Waals surface area (Å²) < 4.78 is 0. The van der Waals surface area contributed by atoms with Gasteiger partial charge in [0, 0.05) is 24.5 Å². The summed E-state index contributed by atoms with van der Waals surface area (Å²) in [6.07, 6.45) is 0. The molecule has 0 saturated carbocycles. The van der Waals surface area contributed by atoms with Gasteiger partial charge in [0.25, 0.3) is 0 Å². The Morgan fingerprint density at radius 2 is 1.42 bits per heavy atom. The fraction of sp³-hybridized carbons (Fsp3) is 0.200. The zero-order valence-electron chi connectivity index (χ0n) is 13.4. The SMILES string of the molecule is NCC(c1sccc1Cl)N(Cc1ccccc1)Cc1ccccc1. The molecule has 0 bridgehead atoms. The Kier molecular flexibility index (Phi) is 6.05. The van der Waals surface area contributed by atoms with Crippen LogP contribution in [0.1, 0.15) is 22.0 Å². The molecule has 3 rings (SSSR count). The molecule has 0 fully saturated rings. The van der Waals surface area contributed by atoms with Crippen LogP contribution in [0.15, 0.2) is 72.1 Å². The van der Waals surface area contributed by atoms with Gasteiger partial charge in [-0.15, -0.1) is 11.3 Å². The fourth-order valence-corrected chi connectivity index (χ4v) is 4.21. The predicted octanol–water partition coefficient (Wildman–Crippen LogP) is 5.10. The Morgan fingerprint density at radius 1 is 0.875 bits per heavy atom. The summed E-state index contributed by atoms with van der Waals surface area (Å²) in [5.74, 6) is 0. The molecule has 0 aliphatic heterocycles. The molecule has 2 nitrogen and oxygen atoms in total. The van der Waals surface area contributed by atoms with E-state index in [9.17, 15) is 0 Å². The normalized spacial score (nSPS) is 12.5. The molecule has 1 heterocycles. The van der Waals surface area contributed by atoms with E-state index in [1.54, 1.807) is 11.3 Å². The monoisotopic (exact) mass is 356 g/mol. The van der Waals surface area contributed by atoms with Gasteiger partial charge in [-0.2, -0.15) is 0 Å². The van der Waals surface area contributed by atoms with Gasteiger partial charge in [0.15, 0.2) is 0 Å². The van der Waals surface area contributed by atoms with Crippen molar-refractivity contribution < 1.29 is 0 Å². The number of benzene rings is 2. The number of rotatable bonds is 7. The topological polar surface area (TPSA) is 29.3 Å². The molecule has 124 valence electrons. The van der Waals surface area contributed by atoms with E-state index >= 15 is 0 Å². The first-order valence-electron chi connectivity index (χ1n) is 8.03. The Balaban J connectivity index is 1.89. The molecule has 0 radical (unpaired) electrons. The lowest BCUT2D eigenvalue weighted by molar-refractivity contribution is 0.186. The Hall–Kier alpha value is -1.65. The molecule has 0 aliphatic rings. The highest BCUT2D eigenvalue weighted by Crippen LogP contribution is 2.33. The van der Waals surface area contributed by atoms with Gasteiger partial charge in [-0.05, 0) is 22.6 Å². The summed E-state index contributed by atoms with van der Waals surface area (Å²) in [7, 11) is 0. The first kappa shape index (κ1) is 17.2. The van der Waals surface area contributed by atoms with Crippen LogP contribution in [-0.4, -0.2) is 11.4 Å². The summed E-state index contributed by atoms with van der Waals surface area (Å²) in [5, 5.41) is 2.84. The molecular weight excluding hydrogens is 336 g/mol. The molecule has 2 N–H and O–H groups in total. The van der Waals surface area contributed by atoms with Gasteiger partial charge in [0.2, 0.25) is 0 Å². The van der Waals surface area contributed by atoms with Crippen LogP contribution in [0.3, 0.4) is 0 Å². The van der Waals surface area contributed by atoms with E-state index in [2.05, 4.69) is 53.4 Å². The van der Waals surface area contributed by atoms with Crippen LogP contribution in [-0.2, 0) is 13.1 Å². The summed E-state index contributed by atoms with van der Waals surface area (Å²) in [6.45, 7) is 2.22. The summed E-state index contributed by atoms with van der Waals surface area (Å²) in [6, 6.07) is 23.1. The third-order valence-electron chi connectivity index (χ3n) is 4.07. The predicted molar refractivity (Wildman–Crippen MR) is 103 cm³/mol. The average molecular weight is 357 g/mol. The van der Waals surface area contributed by atoms with Crippen molar-refractivity contribution >= 4 is 22.9 Å². The van der Waals surface area contributed by atoms with Gasteiger partial charge >= 0.3 is 0 Å². The van der Waals surface area contributed by atoms with Crippen LogP contribution >= 0.6 is 22.9 Å². The summed E-state index contributed by atoms with van der Waals surface area (Å²) in [4.78, 5) is 3.55. The van der Waals surface area contributed by atoms with Crippen LogP contribution < -0.4 is 5.73 Å². The van der Waals surface area contributed by atoms with Crippen LogP contribution in [0.5, 0.6) is 0 Å². The molecule has 1 aromatic heterocycles. The van der Waals surface area contributed by atoms with E-state index < -0.39 is 0 Å². The van der Waals surface area contributed by atoms with Crippen molar-refractivity contribution in [2.24, 2.45) is 5.73 Å². The van der Waals surface area contributed by atoms with Gasteiger partial charge in [0.1, 0.15) is 0 Å². The first-order valence-corrected chi connectivity index (χ1v) is 9.28. The number of halogens is 1. The molecule has 4 heteroatoms. The zero-order valence-corrected chi connectivity index (χ0v) is 15.0. The molecular formula is C20H21ClN2S. The van der Waals surface area contributed by atoms with Crippen LogP contribution in [0.2, 0.25) is 5.02 Å². The maximum absolute atomic E-state index is 6.39. The number of hydrogen-bond acceptors (Lipinski definition) is 3. The molecule has 0 amide bonds. The van der Waals surface area contributed by atoms with Gasteiger partial charge in [-0.1, -0.05) is 72.3 Å². The van der Waals surface area contributed by atoms with Gasteiger partial charge in [-0.25, -0.2) is 0 Å². The largest absolute Gasteiger partial charge is 0.329 e. The smallest absolute Gasteiger partial charge is 0.0585 e. The highest BCUT2D eigenvalue weighted by Gasteiger charge is 2.23. The van der Waals surface area contributed by atoms with Crippen molar-refractivity contribution in [3.63, 3.8) is 0 Å². The lowest BCUT2D eigenvalue weighted by Crippen LogP contribution is -2.32. The molecule has 3 aromatic rings. The molecule has 1 unspecified atom stereocenters. The highest BCUT2D eigenvalue weighted by atomic mass is 35.5. The van der Waals surface area contributed by atoms with Crippen LogP contribution in [0.4, 0.5) is 0 Å². The Bertz CT molecular complexity index is 701. The molecule has 0 saturated heterocycles. The highest BCUT2D eigenvalue weighted by molar-refractivity contribution is 7.10. The molecule has 0 spiro atoms. The number of hydrogen-bond donors (Lipinski definition) is 1. The lowest BCUT2D eigenvalue weighted by Gasteiger charge is -2.31. The summed E-state index contributed by atoms with van der Waals surface area (Å²) >= 11 is 8.07. The number of thiophene rings is 1. The maximum Gasteiger partial charge on any atom is 0.0585 e. The maximum atomic E-state index is 6.39. The quantitative estimate of drug-likeness (QED) is 0.637. The summed E-state index contributed by atoms with van der Waals surface area (Å²) in [5.41, 5.74) is 8.70. The third-order valence-corrected chi connectivity index (χ3v) is 5.53. The van der Waals surface area contributed by atoms with E-state index in [0.717, 1.165) is 23.0 Å². The van der Waals surface area contributed by atoms with E-state index in [0.29, 0.717) is 6.54 Å². The standard InChI is InChI=1S/C20H21ClN2S/c21-18-11-12-24-20(18)19(13-22)23(14-16-7-3-1-4-8-16)15-17-9-5-2-6-10-17/h1-12,19H,13-15,22H2. The Labute approximate surface area is 152 Å². The van der Waals surface area contributed by atoms with Crippen molar-refractivity contribution in [2.75, 3.05) is 6.54 Å². The van der Waals surface area contributed by atoms with Crippen molar-refractivity contribution in [3.8, 4) is 0 Å². The second-order valence-corrected chi connectivity index (χ2v) is 7.12. The van der Waals surface area contributed by atoms with Crippen LogP contribution in [0, 0.1) is 0 Å². The van der Waals surface area contributed by atoms with E-state index in [-0.39, 0.29) is 6.04 Å². The lowest BCUT2D eigenvalue weighted by atomic mass is 10.1. The fourth-order valence-electron chi connectivity index (χ4n) is 2.88. The van der Waals surface area contributed by atoms with Gasteiger partial charge in [0.05, 0.1) is 11.1 Å². The van der Waals surface area contributed by atoms with Crippen molar-refractivity contribution in [1.29, 1.82) is 0 Å². The van der Waals surface area contributed by atoms with E-state index in [1.807, 2.05) is 23.6 Å². The van der Waals surface area contributed by atoms with Gasteiger partial charge in [-0.3, -0.25) is 4.90 Å². The average Bonchev–Trinajstić information content (AvgIpc) is 3.03. The van der Waals surface area contributed by atoms with E-state index in [4.69, 9.17) is 17.3 Å². The van der Waals surface area contributed by atoms with Crippen molar-refractivity contribution in [2.45, 2.75) is 19.1 Å². The van der Waals surface area contributed by atoms with Crippen LogP contribution in [0.25, 0.3) is 0 Å². The van der Waals surface area contributed by atoms with Crippen molar-refractivity contribution in [3.05, 3.63) is 93.1 Å². The molecule has 1 atom stereocenters. The number of nitrogens with two attached hydrogens (primary N) is 1. The van der Waals surface area contributed by atoms with Gasteiger partial charge < -0.3 is 5.73 Å².